The molecule has 1 atom stereocenters. The highest BCUT2D eigenvalue weighted by molar-refractivity contribution is 6.55. The molecule has 2 aromatic carbocycles. The van der Waals surface area contributed by atoms with Crippen LogP contribution >= 0.6 is 46.4 Å². The van der Waals surface area contributed by atoms with E-state index in [4.69, 9.17) is 55.9 Å². The molecule has 2 aromatic rings. The molecule has 35 heavy (non-hydrogen) atoms. The van der Waals surface area contributed by atoms with Crippen molar-refractivity contribution in [3.05, 3.63) is 55.5 Å². The molecule has 0 bridgehead atoms. The predicted molar refractivity (Wildman–Crippen MR) is 133 cm³/mol. The predicted octanol–water partition coefficient (Wildman–Crippen LogP) is 5.65. The Balaban J connectivity index is 1.78. The average Bonchev–Trinajstić information content (AvgIpc) is 3.11. The van der Waals surface area contributed by atoms with Crippen LogP contribution in [0.3, 0.4) is 0 Å². The monoisotopic (exact) mass is 560 g/mol. The molecule has 0 unspecified atom stereocenters. The minimum Gasteiger partial charge on any atom is -0.497 e. The SMILES string of the molecule is CCCC[C@@H](C(=O)OCC(=O)Nc1ccc(OC)cc1)N1C(=O)c2c(Cl)c(Cl)c(Cl)c(Cl)c2C1=O. The van der Waals surface area contributed by atoms with Crippen LogP contribution in [0, 0.1) is 0 Å². The molecule has 0 radical (unpaired) electrons. The molecule has 0 saturated carbocycles. The number of carbonyl (C=O) groups is 4. The van der Waals surface area contributed by atoms with Crippen LogP contribution in [-0.4, -0.2) is 48.3 Å². The van der Waals surface area contributed by atoms with E-state index in [2.05, 4.69) is 5.32 Å². The van der Waals surface area contributed by atoms with Gasteiger partial charge in [0, 0.05) is 5.69 Å². The van der Waals surface area contributed by atoms with E-state index in [0.29, 0.717) is 24.3 Å². The third kappa shape index (κ3) is 5.51. The number of nitrogens with one attached hydrogen (secondary N) is 1. The normalized spacial score (nSPS) is 13.5. The first-order valence-corrected chi connectivity index (χ1v) is 12.0. The van der Waals surface area contributed by atoms with Gasteiger partial charge in [-0.2, -0.15) is 0 Å². The summed E-state index contributed by atoms with van der Waals surface area (Å²) < 4.78 is 10.2. The molecule has 3 amide bonds. The maximum absolute atomic E-state index is 13.1. The standard InChI is InChI=1S/C23H20Cl4N2O6/c1-3-4-5-13(23(33)35-10-14(30)28-11-6-8-12(34-2)9-7-11)29-21(31)15-16(22(29)32)18(25)20(27)19(26)17(15)24/h6-9,13H,3-5,10H2,1-2H3,(H,28,30)/t13-/m0/s1. The number of esters is 1. The van der Waals surface area contributed by atoms with Gasteiger partial charge in [0.1, 0.15) is 11.8 Å². The van der Waals surface area contributed by atoms with Crippen LogP contribution in [0.15, 0.2) is 24.3 Å². The number of rotatable bonds is 9. The summed E-state index contributed by atoms with van der Waals surface area (Å²) in [7, 11) is 1.52. The van der Waals surface area contributed by atoms with Crippen molar-refractivity contribution in [1.82, 2.24) is 4.90 Å². The van der Waals surface area contributed by atoms with Crippen LogP contribution in [0.1, 0.15) is 46.9 Å². The number of carbonyl (C=O) groups excluding carboxylic acids is 4. The summed E-state index contributed by atoms with van der Waals surface area (Å²) in [5, 5.41) is 1.75. The smallest absolute Gasteiger partial charge is 0.329 e. The van der Waals surface area contributed by atoms with Crippen LogP contribution < -0.4 is 10.1 Å². The first-order valence-electron chi connectivity index (χ1n) is 10.5. The zero-order chi connectivity index (χ0) is 25.9. The second-order valence-corrected chi connectivity index (χ2v) is 9.04. The number of ether oxygens (including phenoxy) is 2. The Kier molecular flexibility index (Phi) is 8.88. The maximum atomic E-state index is 13.1. The molecular formula is C23H20Cl4N2O6. The molecule has 1 aliphatic rings. The van der Waals surface area contributed by atoms with Crippen molar-refractivity contribution in [1.29, 1.82) is 0 Å². The summed E-state index contributed by atoms with van der Waals surface area (Å²) in [5.41, 5.74) is -0.00185. The Labute approximate surface area is 221 Å². The Morgan fingerprint density at radius 3 is 1.97 bits per heavy atom. The van der Waals surface area contributed by atoms with E-state index >= 15 is 0 Å². The quantitative estimate of drug-likeness (QED) is 0.184. The molecule has 1 N–H and O–H groups in total. The maximum Gasteiger partial charge on any atom is 0.329 e. The lowest BCUT2D eigenvalue weighted by Crippen LogP contribution is -2.46. The molecule has 1 heterocycles. The average molecular weight is 562 g/mol. The van der Waals surface area contributed by atoms with Gasteiger partial charge in [-0.05, 0) is 30.7 Å². The highest BCUT2D eigenvalue weighted by Crippen LogP contribution is 2.45. The number of benzene rings is 2. The molecule has 0 saturated heterocycles. The highest BCUT2D eigenvalue weighted by Gasteiger charge is 2.47. The fourth-order valence-corrected chi connectivity index (χ4v) is 4.52. The third-order valence-electron chi connectivity index (χ3n) is 5.27. The number of amides is 3. The Morgan fingerprint density at radius 1 is 0.943 bits per heavy atom. The van der Waals surface area contributed by atoms with E-state index in [1.54, 1.807) is 24.3 Å². The van der Waals surface area contributed by atoms with Gasteiger partial charge in [-0.15, -0.1) is 0 Å². The van der Waals surface area contributed by atoms with Crippen molar-refractivity contribution in [2.45, 2.75) is 32.2 Å². The molecule has 0 fully saturated rings. The van der Waals surface area contributed by atoms with Gasteiger partial charge in [0.05, 0.1) is 38.3 Å². The van der Waals surface area contributed by atoms with Gasteiger partial charge in [0.2, 0.25) is 0 Å². The number of unbranched alkanes of at least 4 members (excludes halogenated alkanes) is 1. The summed E-state index contributed by atoms with van der Waals surface area (Å²) in [5.74, 6) is -2.63. The van der Waals surface area contributed by atoms with Crippen LogP contribution in [0.5, 0.6) is 5.75 Å². The highest BCUT2D eigenvalue weighted by atomic mass is 35.5. The summed E-state index contributed by atoms with van der Waals surface area (Å²) >= 11 is 24.4. The van der Waals surface area contributed by atoms with Gasteiger partial charge in [-0.1, -0.05) is 66.2 Å². The number of fused-ring (bicyclic) bond motifs is 1. The van der Waals surface area contributed by atoms with Crippen molar-refractivity contribution < 1.29 is 28.7 Å². The molecule has 1 aliphatic heterocycles. The van der Waals surface area contributed by atoms with Crippen molar-refractivity contribution in [3.63, 3.8) is 0 Å². The first-order chi connectivity index (χ1) is 16.6. The molecule has 0 aliphatic carbocycles. The van der Waals surface area contributed by atoms with Crippen LogP contribution in [0.25, 0.3) is 0 Å². The van der Waals surface area contributed by atoms with Crippen LogP contribution in [0.2, 0.25) is 20.1 Å². The molecule has 186 valence electrons. The number of hydrogen-bond acceptors (Lipinski definition) is 6. The molecule has 3 rings (SSSR count). The van der Waals surface area contributed by atoms with Crippen molar-refractivity contribution in [2.24, 2.45) is 0 Å². The van der Waals surface area contributed by atoms with Gasteiger partial charge in [-0.3, -0.25) is 19.3 Å². The second-order valence-electron chi connectivity index (χ2n) is 7.53. The molecular weight excluding hydrogens is 542 g/mol. The number of halogens is 4. The van der Waals surface area contributed by atoms with Gasteiger partial charge in [0.25, 0.3) is 17.7 Å². The van der Waals surface area contributed by atoms with Gasteiger partial charge in [0.15, 0.2) is 6.61 Å². The largest absolute Gasteiger partial charge is 0.497 e. The topological polar surface area (TPSA) is 102 Å². The molecule has 0 spiro atoms. The summed E-state index contributed by atoms with van der Waals surface area (Å²) in [6.07, 6.45) is 1.27. The third-order valence-corrected chi connectivity index (χ3v) is 7.07. The number of methoxy groups -OCH3 is 1. The van der Waals surface area contributed by atoms with E-state index in [9.17, 15) is 19.2 Å². The van der Waals surface area contributed by atoms with Gasteiger partial charge in [-0.25, -0.2) is 4.79 Å². The number of imide groups is 1. The summed E-state index contributed by atoms with van der Waals surface area (Å²) in [4.78, 5) is 52.2. The number of nitrogens with zero attached hydrogens (tertiary/aromatic N) is 1. The summed E-state index contributed by atoms with van der Waals surface area (Å²) in [6.45, 7) is 1.25. The van der Waals surface area contributed by atoms with Crippen molar-refractivity contribution in [3.8, 4) is 5.75 Å². The van der Waals surface area contributed by atoms with Gasteiger partial charge >= 0.3 is 5.97 Å². The van der Waals surface area contributed by atoms with Crippen molar-refractivity contribution >= 4 is 75.8 Å². The van der Waals surface area contributed by atoms with E-state index < -0.39 is 36.3 Å². The van der Waals surface area contributed by atoms with Crippen LogP contribution in [-0.2, 0) is 14.3 Å². The fraction of sp³-hybridized carbons (Fsp3) is 0.304. The zero-order valence-corrected chi connectivity index (χ0v) is 21.6. The van der Waals surface area contributed by atoms with Gasteiger partial charge < -0.3 is 14.8 Å². The minimum absolute atomic E-state index is 0.109. The minimum atomic E-state index is -1.30. The molecule has 8 nitrogen and oxygen atoms in total. The Bertz CT molecular complexity index is 1140. The Morgan fingerprint density at radius 2 is 1.49 bits per heavy atom. The first kappa shape index (κ1) is 27.1. The lowest BCUT2D eigenvalue weighted by molar-refractivity contribution is -0.151. The molecule has 12 heteroatoms. The zero-order valence-electron chi connectivity index (χ0n) is 18.6. The lowest BCUT2D eigenvalue weighted by Gasteiger charge is -2.24. The van der Waals surface area contributed by atoms with E-state index in [1.807, 2.05) is 6.92 Å². The fourth-order valence-electron chi connectivity index (χ4n) is 3.50. The van der Waals surface area contributed by atoms with E-state index in [0.717, 1.165) is 4.90 Å². The number of anilines is 1. The van der Waals surface area contributed by atoms with Crippen LogP contribution in [0.4, 0.5) is 5.69 Å². The Hall–Kier alpha value is -2.52. The van der Waals surface area contributed by atoms with E-state index in [1.165, 1.54) is 7.11 Å². The molecule has 0 aromatic heterocycles. The van der Waals surface area contributed by atoms with E-state index in [-0.39, 0.29) is 37.6 Å². The summed E-state index contributed by atoms with van der Waals surface area (Å²) in [6, 6.07) is 5.23. The number of hydrogen-bond donors (Lipinski definition) is 1. The second kappa shape index (κ2) is 11.5. The van der Waals surface area contributed by atoms with Crippen molar-refractivity contribution in [2.75, 3.05) is 19.0 Å². The lowest BCUT2D eigenvalue weighted by atomic mass is 10.1.